The Labute approximate surface area is 189 Å². The number of rotatable bonds is 3. The lowest BCUT2D eigenvalue weighted by Gasteiger charge is -2.28. The maximum absolute atomic E-state index is 10.0. The lowest BCUT2D eigenvalue weighted by atomic mass is 9.84. The fourth-order valence-corrected chi connectivity index (χ4v) is 4.38. The summed E-state index contributed by atoms with van der Waals surface area (Å²) in [6.45, 7) is 2.04. The van der Waals surface area contributed by atoms with E-state index in [0.717, 1.165) is 33.6 Å². The first-order valence-electron chi connectivity index (χ1n) is 10.6. The van der Waals surface area contributed by atoms with Gasteiger partial charge in [-0.25, -0.2) is 14.5 Å². The lowest BCUT2D eigenvalue weighted by Crippen LogP contribution is -2.15. The number of nitrogens with zero attached hydrogens (tertiary/aromatic N) is 4. The van der Waals surface area contributed by atoms with Gasteiger partial charge in [0.2, 0.25) is 5.88 Å². The van der Waals surface area contributed by atoms with Gasteiger partial charge in [-0.2, -0.15) is 0 Å². The van der Waals surface area contributed by atoms with Crippen LogP contribution >= 0.6 is 0 Å². The molecule has 3 heterocycles. The molecule has 3 aromatic carbocycles. The van der Waals surface area contributed by atoms with E-state index >= 15 is 0 Å². The van der Waals surface area contributed by atoms with Crippen molar-refractivity contribution < 1.29 is 14.6 Å². The maximum atomic E-state index is 10.0. The van der Waals surface area contributed by atoms with Gasteiger partial charge in [0.05, 0.1) is 12.7 Å². The largest absolute Gasteiger partial charge is 0.508 e. The molecular weight excluding hydrogens is 416 g/mol. The fourth-order valence-electron chi connectivity index (χ4n) is 4.38. The molecule has 6 rings (SSSR count). The number of aryl methyl sites for hydroxylation is 1. The Morgan fingerprint density at radius 2 is 1.85 bits per heavy atom. The second kappa shape index (κ2) is 7.34. The van der Waals surface area contributed by atoms with Crippen LogP contribution in [0.1, 0.15) is 28.2 Å². The van der Waals surface area contributed by atoms with Crippen molar-refractivity contribution >= 4 is 5.65 Å². The zero-order valence-corrected chi connectivity index (χ0v) is 18.1. The van der Waals surface area contributed by atoms with Crippen molar-refractivity contribution in [2.24, 2.45) is 0 Å². The van der Waals surface area contributed by atoms with Crippen molar-refractivity contribution in [1.82, 2.24) is 19.6 Å². The molecule has 1 atom stereocenters. The average Bonchev–Trinajstić information content (AvgIpc) is 3.27. The number of ether oxygens (including phenoxy) is 2. The molecule has 0 aliphatic carbocycles. The van der Waals surface area contributed by atoms with E-state index in [1.807, 2.05) is 61.5 Å². The smallest absolute Gasteiger partial charge is 0.228 e. The van der Waals surface area contributed by atoms with Gasteiger partial charge >= 0.3 is 0 Å². The van der Waals surface area contributed by atoms with Crippen LogP contribution in [0.25, 0.3) is 17.0 Å². The molecule has 0 saturated heterocycles. The Hall–Kier alpha value is -4.39. The number of hydrogen-bond acceptors (Lipinski definition) is 6. The molecule has 1 N–H and O–H groups in total. The molecule has 162 valence electrons. The van der Waals surface area contributed by atoms with E-state index in [-0.39, 0.29) is 11.7 Å². The minimum absolute atomic E-state index is 0.135. The summed E-state index contributed by atoms with van der Waals surface area (Å²) in [6, 6.07) is 21.1. The fraction of sp³-hybridized carbons (Fsp3) is 0.115. The van der Waals surface area contributed by atoms with Gasteiger partial charge in [-0.15, -0.1) is 5.10 Å². The third-order valence-electron chi connectivity index (χ3n) is 6.03. The maximum Gasteiger partial charge on any atom is 0.228 e. The molecule has 7 nitrogen and oxygen atoms in total. The highest BCUT2D eigenvalue weighted by Crippen LogP contribution is 2.48. The van der Waals surface area contributed by atoms with E-state index in [2.05, 4.69) is 4.98 Å². The van der Waals surface area contributed by atoms with Crippen LogP contribution in [-0.2, 0) is 0 Å². The summed E-state index contributed by atoms with van der Waals surface area (Å²) in [5, 5.41) is 14.8. The van der Waals surface area contributed by atoms with E-state index in [0.29, 0.717) is 23.1 Å². The van der Waals surface area contributed by atoms with Gasteiger partial charge in [-0.05, 0) is 36.2 Å². The average molecular weight is 436 g/mol. The first-order chi connectivity index (χ1) is 16.1. The monoisotopic (exact) mass is 436 g/mol. The molecular formula is C26H20N4O3. The molecule has 0 amide bonds. The minimum atomic E-state index is -0.208. The van der Waals surface area contributed by atoms with Crippen LogP contribution in [0, 0.1) is 6.92 Å². The van der Waals surface area contributed by atoms with Crippen LogP contribution in [-0.4, -0.2) is 31.8 Å². The molecule has 5 aromatic rings. The molecule has 0 radical (unpaired) electrons. The van der Waals surface area contributed by atoms with E-state index in [9.17, 15) is 5.11 Å². The zero-order valence-electron chi connectivity index (χ0n) is 18.1. The lowest BCUT2D eigenvalue weighted by molar-refractivity contribution is 0.414. The molecule has 0 unspecified atom stereocenters. The molecule has 2 aromatic heterocycles. The van der Waals surface area contributed by atoms with Gasteiger partial charge in [-0.3, -0.25) is 0 Å². The molecule has 1 aliphatic heterocycles. The van der Waals surface area contributed by atoms with Crippen molar-refractivity contribution in [3.05, 3.63) is 95.3 Å². The summed E-state index contributed by atoms with van der Waals surface area (Å²) >= 11 is 0. The van der Waals surface area contributed by atoms with Crippen molar-refractivity contribution in [2.45, 2.75) is 12.8 Å². The summed E-state index contributed by atoms with van der Waals surface area (Å²) in [4.78, 5) is 9.46. The number of aromatic hydroxyl groups is 1. The van der Waals surface area contributed by atoms with Crippen molar-refractivity contribution in [1.29, 1.82) is 0 Å². The molecule has 0 fully saturated rings. The quantitative estimate of drug-likeness (QED) is 0.416. The number of benzene rings is 3. The Kier molecular flexibility index (Phi) is 4.29. The summed E-state index contributed by atoms with van der Waals surface area (Å²) in [7, 11) is 1.65. The molecule has 0 bridgehead atoms. The minimum Gasteiger partial charge on any atom is -0.508 e. The summed E-state index contributed by atoms with van der Waals surface area (Å²) in [5.74, 6) is 2.35. The van der Waals surface area contributed by atoms with Gasteiger partial charge in [0.25, 0.3) is 0 Å². The Balaban J connectivity index is 1.60. The van der Waals surface area contributed by atoms with Crippen LogP contribution < -0.4 is 9.47 Å². The first-order valence-corrected chi connectivity index (χ1v) is 10.6. The highest BCUT2D eigenvalue weighted by molar-refractivity contribution is 5.69. The van der Waals surface area contributed by atoms with Gasteiger partial charge in [0.15, 0.2) is 11.5 Å². The highest BCUT2D eigenvalue weighted by Gasteiger charge is 2.33. The van der Waals surface area contributed by atoms with Gasteiger partial charge in [0, 0.05) is 23.1 Å². The Morgan fingerprint density at radius 1 is 1.03 bits per heavy atom. The second-order valence-electron chi connectivity index (χ2n) is 8.01. The van der Waals surface area contributed by atoms with E-state index in [1.165, 1.54) is 0 Å². The normalized spacial score (nSPS) is 14.4. The van der Waals surface area contributed by atoms with E-state index in [4.69, 9.17) is 19.6 Å². The van der Waals surface area contributed by atoms with Gasteiger partial charge < -0.3 is 14.6 Å². The first kappa shape index (κ1) is 19.3. The topological polar surface area (TPSA) is 81.8 Å². The van der Waals surface area contributed by atoms with E-state index < -0.39 is 0 Å². The molecule has 1 aliphatic rings. The van der Waals surface area contributed by atoms with Crippen LogP contribution in [0.4, 0.5) is 0 Å². The van der Waals surface area contributed by atoms with Crippen molar-refractivity contribution in [3.8, 4) is 34.5 Å². The predicted octanol–water partition coefficient (Wildman–Crippen LogP) is 5.10. The summed E-state index contributed by atoms with van der Waals surface area (Å²) in [6.07, 6.45) is 1.61. The number of phenolic OH excluding ortho intramolecular Hbond substituents is 1. The number of methoxy groups -OCH3 is 1. The summed E-state index contributed by atoms with van der Waals surface area (Å²) < 4.78 is 13.2. The molecule has 0 saturated carbocycles. The van der Waals surface area contributed by atoms with Crippen molar-refractivity contribution in [2.75, 3.05) is 7.11 Å². The van der Waals surface area contributed by atoms with Crippen LogP contribution in [0.15, 0.2) is 73.1 Å². The second-order valence-corrected chi connectivity index (χ2v) is 8.01. The third-order valence-corrected chi connectivity index (χ3v) is 6.03. The summed E-state index contributed by atoms with van der Waals surface area (Å²) in [5.41, 5.74) is 5.52. The SMILES string of the molecule is COc1ccc([C@H]2c3ccc(O)cc3Oc3ncn4nc(-c5ccccc5C)nc4c32)cc1. The number of phenols is 1. The standard InChI is InChI=1S/C26H20N4O3/c1-15-5-3-4-6-19(15)24-28-25-23-22(16-7-10-18(32-2)11-8-16)20-12-9-17(31)13-21(20)33-26(23)27-14-30(25)29-24/h3-14,22,31H,1-2H3/t22-/m0/s1. The zero-order chi connectivity index (χ0) is 22.5. The van der Waals surface area contributed by atoms with Crippen LogP contribution in [0.5, 0.6) is 23.1 Å². The number of aromatic nitrogens is 4. The Morgan fingerprint density at radius 3 is 2.64 bits per heavy atom. The Bertz CT molecular complexity index is 1510. The highest BCUT2D eigenvalue weighted by atomic mass is 16.5. The van der Waals surface area contributed by atoms with Crippen molar-refractivity contribution in [3.63, 3.8) is 0 Å². The molecule has 33 heavy (non-hydrogen) atoms. The van der Waals surface area contributed by atoms with Crippen LogP contribution in [0.2, 0.25) is 0 Å². The molecule has 0 spiro atoms. The van der Waals surface area contributed by atoms with Gasteiger partial charge in [0.1, 0.15) is 23.6 Å². The predicted molar refractivity (Wildman–Crippen MR) is 123 cm³/mol. The van der Waals surface area contributed by atoms with E-state index in [1.54, 1.807) is 30.1 Å². The number of hydrogen-bond donors (Lipinski definition) is 1. The van der Waals surface area contributed by atoms with Gasteiger partial charge in [-0.1, -0.05) is 42.5 Å². The van der Waals surface area contributed by atoms with Crippen LogP contribution in [0.3, 0.4) is 0 Å². The third kappa shape index (κ3) is 3.09. The number of fused-ring (bicyclic) bond motifs is 4. The molecule has 7 heteroatoms.